The Morgan fingerprint density at radius 2 is 1.93 bits per heavy atom. The van der Waals surface area contributed by atoms with Gasteiger partial charge in [0.15, 0.2) is 0 Å². The molecule has 0 bridgehead atoms. The molecule has 15 heavy (non-hydrogen) atoms. The summed E-state index contributed by atoms with van der Waals surface area (Å²) in [7, 11) is 0. The van der Waals surface area contributed by atoms with Gasteiger partial charge in [-0.25, -0.2) is 0 Å². The van der Waals surface area contributed by atoms with E-state index in [1.54, 1.807) is 0 Å². The maximum Gasteiger partial charge on any atom is 0.0343 e. The first kappa shape index (κ1) is 12.3. The predicted molar refractivity (Wildman–Crippen MR) is 67.1 cm³/mol. The van der Waals surface area contributed by atoms with Gasteiger partial charge in [-0.1, -0.05) is 52.0 Å². The van der Waals surface area contributed by atoms with Crippen LogP contribution in [0.3, 0.4) is 0 Å². The number of hydrogen-bond acceptors (Lipinski definition) is 1. The normalized spacial score (nSPS) is 13.1. The lowest BCUT2D eigenvalue weighted by molar-refractivity contribution is 0.421. The van der Waals surface area contributed by atoms with Crippen LogP contribution >= 0.6 is 0 Å². The monoisotopic (exact) mass is 205 g/mol. The molecule has 1 nitrogen and oxygen atoms in total. The largest absolute Gasteiger partial charge is 0.310 e. The van der Waals surface area contributed by atoms with E-state index in [9.17, 15) is 0 Å². The summed E-state index contributed by atoms with van der Waals surface area (Å²) in [4.78, 5) is 0. The van der Waals surface area contributed by atoms with E-state index in [-0.39, 0.29) is 0 Å². The van der Waals surface area contributed by atoms with Gasteiger partial charge in [0.05, 0.1) is 0 Å². The molecule has 0 aliphatic rings. The predicted octanol–water partition coefficient (Wildman–Crippen LogP) is 3.56. The summed E-state index contributed by atoms with van der Waals surface area (Å²) in [6.45, 7) is 9.94. The van der Waals surface area contributed by atoms with Gasteiger partial charge >= 0.3 is 0 Å². The van der Waals surface area contributed by atoms with Gasteiger partial charge in [0.25, 0.3) is 0 Å². The number of benzene rings is 1. The Bertz CT molecular complexity index is 291. The molecule has 1 N–H and O–H groups in total. The first-order valence-corrected chi connectivity index (χ1v) is 6.01. The van der Waals surface area contributed by atoms with Crippen LogP contribution in [0.4, 0.5) is 0 Å². The average Bonchev–Trinajstić information content (AvgIpc) is 2.25. The van der Waals surface area contributed by atoms with Crippen LogP contribution in [0.15, 0.2) is 24.3 Å². The maximum atomic E-state index is 3.55. The summed E-state index contributed by atoms with van der Waals surface area (Å²) in [6.07, 6.45) is 1.12. The SMILES string of the molecule is CCNC(c1cccc(CC)c1)C(C)C. The first-order valence-electron chi connectivity index (χ1n) is 6.01. The van der Waals surface area contributed by atoms with Crippen molar-refractivity contribution in [3.8, 4) is 0 Å². The summed E-state index contributed by atoms with van der Waals surface area (Å²) in [5, 5.41) is 3.55. The van der Waals surface area contributed by atoms with Crippen LogP contribution in [-0.2, 0) is 6.42 Å². The molecule has 0 saturated carbocycles. The standard InChI is InChI=1S/C14H23N/c1-5-12-8-7-9-13(10-12)14(11(3)4)15-6-2/h7-11,14-15H,5-6H2,1-4H3. The van der Waals surface area contributed by atoms with E-state index in [4.69, 9.17) is 0 Å². The third-order valence-electron chi connectivity index (χ3n) is 2.81. The van der Waals surface area contributed by atoms with Gasteiger partial charge in [-0.05, 0) is 30.0 Å². The van der Waals surface area contributed by atoms with E-state index < -0.39 is 0 Å². The lowest BCUT2D eigenvalue weighted by atomic mass is 9.94. The molecule has 1 aromatic carbocycles. The van der Waals surface area contributed by atoms with Crippen molar-refractivity contribution >= 4 is 0 Å². The van der Waals surface area contributed by atoms with Crippen molar-refractivity contribution in [2.24, 2.45) is 5.92 Å². The van der Waals surface area contributed by atoms with Gasteiger partial charge in [-0.3, -0.25) is 0 Å². The smallest absolute Gasteiger partial charge is 0.0343 e. The molecule has 0 saturated heterocycles. The molecule has 0 amide bonds. The number of aryl methyl sites for hydroxylation is 1. The highest BCUT2D eigenvalue weighted by Gasteiger charge is 2.13. The summed E-state index contributed by atoms with van der Waals surface area (Å²) in [6, 6.07) is 9.41. The molecule has 0 fully saturated rings. The Morgan fingerprint density at radius 3 is 2.47 bits per heavy atom. The van der Waals surface area contributed by atoms with Crippen molar-refractivity contribution in [2.75, 3.05) is 6.54 Å². The summed E-state index contributed by atoms with van der Waals surface area (Å²) < 4.78 is 0. The summed E-state index contributed by atoms with van der Waals surface area (Å²) in [5.74, 6) is 0.636. The van der Waals surface area contributed by atoms with Gasteiger partial charge in [-0.15, -0.1) is 0 Å². The summed E-state index contributed by atoms with van der Waals surface area (Å²) >= 11 is 0. The topological polar surface area (TPSA) is 12.0 Å². The van der Waals surface area contributed by atoms with Crippen LogP contribution < -0.4 is 5.32 Å². The molecule has 1 rings (SSSR count). The van der Waals surface area contributed by atoms with Crippen LogP contribution in [-0.4, -0.2) is 6.54 Å². The molecule has 1 atom stereocenters. The second-order valence-corrected chi connectivity index (χ2v) is 4.38. The van der Waals surface area contributed by atoms with Crippen LogP contribution in [0.5, 0.6) is 0 Å². The molecular weight excluding hydrogens is 182 g/mol. The van der Waals surface area contributed by atoms with Gasteiger partial charge in [-0.2, -0.15) is 0 Å². The minimum Gasteiger partial charge on any atom is -0.310 e. The first-order chi connectivity index (χ1) is 7.19. The van der Waals surface area contributed by atoms with E-state index in [0.29, 0.717) is 12.0 Å². The van der Waals surface area contributed by atoms with Gasteiger partial charge in [0.1, 0.15) is 0 Å². The molecule has 0 heterocycles. The molecular formula is C14H23N. The van der Waals surface area contributed by atoms with Crippen LogP contribution in [0.25, 0.3) is 0 Å². The number of nitrogens with one attached hydrogen (secondary N) is 1. The molecule has 0 aliphatic heterocycles. The Balaban J connectivity index is 2.89. The number of hydrogen-bond donors (Lipinski definition) is 1. The minimum absolute atomic E-state index is 0.487. The molecule has 0 aliphatic carbocycles. The zero-order chi connectivity index (χ0) is 11.3. The molecule has 1 aromatic rings. The average molecular weight is 205 g/mol. The van der Waals surface area contributed by atoms with Crippen molar-refractivity contribution < 1.29 is 0 Å². The van der Waals surface area contributed by atoms with E-state index in [1.807, 2.05) is 0 Å². The minimum atomic E-state index is 0.487. The number of rotatable bonds is 5. The van der Waals surface area contributed by atoms with Crippen molar-refractivity contribution in [2.45, 2.75) is 40.2 Å². The third-order valence-corrected chi connectivity index (χ3v) is 2.81. The highest BCUT2D eigenvalue weighted by atomic mass is 14.9. The second kappa shape index (κ2) is 5.92. The van der Waals surface area contributed by atoms with Crippen LogP contribution in [0.1, 0.15) is 44.9 Å². The Labute approximate surface area is 93.9 Å². The maximum absolute atomic E-state index is 3.55. The fraction of sp³-hybridized carbons (Fsp3) is 0.571. The van der Waals surface area contributed by atoms with Crippen molar-refractivity contribution in [1.29, 1.82) is 0 Å². The highest BCUT2D eigenvalue weighted by Crippen LogP contribution is 2.22. The Kier molecular flexibility index (Phi) is 4.83. The zero-order valence-corrected chi connectivity index (χ0v) is 10.4. The fourth-order valence-corrected chi connectivity index (χ4v) is 1.96. The van der Waals surface area contributed by atoms with E-state index >= 15 is 0 Å². The lowest BCUT2D eigenvalue weighted by Gasteiger charge is -2.22. The van der Waals surface area contributed by atoms with Gasteiger partial charge < -0.3 is 5.32 Å². The van der Waals surface area contributed by atoms with Crippen molar-refractivity contribution in [1.82, 2.24) is 5.32 Å². The van der Waals surface area contributed by atoms with Gasteiger partial charge in [0, 0.05) is 6.04 Å². The third kappa shape index (κ3) is 3.35. The lowest BCUT2D eigenvalue weighted by Crippen LogP contribution is -2.25. The molecule has 0 aromatic heterocycles. The van der Waals surface area contributed by atoms with E-state index in [1.165, 1.54) is 11.1 Å². The molecule has 84 valence electrons. The fourth-order valence-electron chi connectivity index (χ4n) is 1.96. The van der Waals surface area contributed by atoms with Gasteiger partial charge in [0.2, 0.25) is 0 Å². The van der Waals surface area contributed by atoms with Crippen molar-refractivity contribution in [3.05, 3.63) is 35.4 Å². The molecule has 0 spiro atoms. The molecule has 0 radical (unpaired) electrons. The quantitative estimate of drug-likeness (QED) is 0.775. The second-order valence-electron chi connectivity index (χ2n) is 4.38. The molecule has 1 unspecified atom stereocenters. The molecule has 1 heteroatoms. The van der Waals surface area contributed by atoms with E-state index in [0.717, 1.165) is 13.0 Å². The van der Waals surface area contributed by atoms with Crippen molar-refractivity contribution in [3.63, 3.8) is 0 Å². The highest BCUT2D eigenvalue weighted by molar-refractivity contribution is 5.26. The Hall–Kier alpha value is -0.820. The van der Waals surface area contributed by atoms with Crippen LogP contribution in [0, 0.1) is 5.92 Å². The summed E-state index contributed by atoms with van der Waals surface area (Å²) in [5.41, 5.74) is 2.85. The zero-order valence-electron chi connectivity index (χ0n) is 10.4. The van der Waals surface area contributed by atoms with E-state index in [2.05, 4.69) is 57.3 Å². The van der Waals surface area contributed by atoms with Crippen LogP contribution in [0.2, 0.25) is 0 Å². The Morgan fingerprint density at radius 1 is 1.20 bits per heavy atom.